The van der Waals surface area contributed by atoms with Crippen LogP contribution in [-0.4, -0.2) is 45.1 Å². The summed E-state index contributed by atoms with van der Waals surface area (Å²) in [6.45, 7) is 2.07. The first-order valence-corrected chi connectivity index (χ1v) is 9.65. The van der Waals surface area contributed by atoms with Crippen molar-refractivity contribution in [2.45, 2.75) is 83.3 Å². The van der Waals surface area contributed by atoms with E-state index in [1.165, 1.54) is 6.08 Å². The predicted octanol–water partition coefficient (Wildman–Crippen LogP) is 2.65. The lowest BCUT2D eigenvalue weighted by atomic mass is 9.87. The lowest BCUT2D eigenvalue weighted by Crippen LogP contribution is -2.23. The molecular formula is C20H32O6. The number of hydrogen-bond donors (Lipinski definition) is 3. The van der Waals surface area contributed by atoms with Gasteiger partial charge in [-0.15, -0.1) is 0 Å². The largest absolute Gasteiger partial charge is 0.481 e. The second-order valence-corrected chi connectivity index (χ2v) is 7.24. The van der Waals surface area contributed by atoms with Gasteiger partial charge in [-0.1, -0.05) is 25.8 Å². The lowest BCUT2D eigenvalue weighted by Gasteiger charge is -2.20. The average Bonchev–Trinajstić information content (AvgIpc) is 2.83. The molecule has 0 bridgehead atoms. The van der Waals surface area contributed by atoms with Crippen LogP contribution in [0.1, 0.15) is 71.1 Å². The number of unbranched alkanes of at least 4 members (excludes halogenated alkanes) is 3. The van der Waals surface area contributed by atoms with Gasteiger partial charge in [-0.05, 0) is 25.3 Å². The molecule has 6 nitrogen and oxygen atoms in total. The Bertz CT molecular complexity index is 499. The molecule has 0 spiro atoms. The molecule has 0 amide bonds. The van der Waals surface area contributed by atoms with Gasteiger partial charge in [0.15, 0.2) is 5.78 Å². The number of carbonyl (C=O) groups is 3. The normalized spacial score (nSPS) is 25.7. The van der Waals surface area contributed by atoms with Crippen molar-refractivity contribution in [2.24, 2.45) is 11.8 Å². The van der Waals surface area contributed by atoms with Crippen molar-refractivity contribution in [1.82, 2.24) is 0 Å². The predicted molar refractivity (Wildman–Crippen MR) is 97.6 cm³/mol. The number of carbonyl (C=O) groups excluding carboxylic acids is 2. The summed E-state index contributed by atoms with van der Waals surface area (Å²) in [5.41, 5.74) is 0. The standard InChI is InChI=1S/C20H32O6/c1-2-3-4-7-14(21)10-11-16-17(19(24)13-18(16)23)12-15(22)8-5-6-9-20(25)26/h10-11,16-19,23-24H,2-9,12-13H2,1H3,(H,25,26). The molecule has 1 rings (SSSR count). The molecule has 0 heterocycles. The highest BCUT2D eigenvalue weighted by Gasteiger charge is 2.41. The van der Waals surface area contributed by atoms with Gasteiger partial charge in [-0.25, -0.2) is 0 Å². The number of allylic oxidation sites excluding steroid dienone is 1. The zero-order valence-electron chi connectivity index (χ0n) is 15.6. The van der Waals surface area contributed by atoms with E-state index in [2.05, 4.69) is 6.92 Å². The number of hydrogen-bond acceptors (Lipinski definition) is 5. The highest BCUT2D eigenvalue weighted by Crippen LogP contribution is 2.36. The van der Waals surface area contributed by atoms with E-state index in [-0.39, 0.29) is 37.2 Å². The van der Waals surface area contributed by atoms with Crippen molar-refractivity contribution in [3.8, 4) is 0 Å². The van der Waals surface area contributed by atoms with Gasteiger partial charge in [0.2, 0.25) is 0 Å². The molecule has 148 valence electrons. The van der Waals surface area contributed by atoms with E-state index >= 15 is 0 Å². The number of ketones is 2. The van der Waals surface area contributed by atoms with Crippen LogP contribution in [0, 0.1) is 11.8 Å². The van der Waals surface area contributed by atoms with Gasteiger partial charge < -0.3 is 15.3 Å². The average molecular weight is 368 g/mol. The second-order valence-electron chi connectivity index (χ2n) is 7.24. The summed E-state index contributed by atoms with van der Waals surface area (Å²) in [6, 6.07) is 0. The minimum Gasteiger partial charge on any atom is -0.481 e. The van der Waals surface area contributed by atoms with E-state index in [0.717, 1.165) is 19.3 Å². The van der Waals surface area contributed by atoms with E-state index in [9.17, 15) is 24.6 Å². The second kappa shape index (κ2) is 12.0. The molecule has 1 aliphatic rings. The number of carboxylic acid groups (broad SMARTS) is 1. The molecule has 0 aromatic heterocycles. The van der Waals surface area contributed by atoms with Crippen molar-refractivity contribution in [3.05, 3.63) is 12.2 Å². The fourth-order valence-corrected chi connectivity index (χ4v) is 3.48. The number of aliphatic hydroxyl groups is 2. The first-order chi connectivity index (χ1) is 12.3. The van der Waals surface area contributed by atoms with Crippen LogP contribution in [0.25, 0.3) is 0 Å². The Morgan fingerprint density at radius 2 is 1.62 bits per heavy atom. The van der Waals surface area contributed by atoms with Crippen molar-refractivity contribution in [3.63, 3.8) is 0 Å². The summed E-state index contributed by atoms with van der Waals surface area (Å²) >= 11 is 0. The van der Waals surface area contributed by atoms with Gasteiger partial charge in [0, 0.05) is 43.9 Å². The zero-order chi connectivity index (χ0) is 19.5. The summed E-state index contributed by atoms with van der Waals surface area (Å²) in [7, 11) is 0. The smallest absolute Gasteiger partial charge is 0.303 e. The molecule has 0 aromatic rings. The SMILES string of the molecule is CCCCCC(=O)C=CC1C(O)CC(O)C1CC(=O)CCCCC(=O)O. The maximum atomic E-state index is 12.1. The number of carboxylic acids is 1. The molecule has 26 heavy (non-hydrogen) atoms. The van der Waals surface area contributed by atoms with Gasteiger partial charge in [-0.3, -0.25) is 14.4 Å². The molecule has 6 heteroatoms. The van der Waals surface area contributed by atoms with Gasteiger partial charge >= 0.3 is 5.97 Å². The Morgan fingerprint density at radius 1 is 0.962 bits per heavy atom. The molecule has 1 saturated carbocycles. The third-order valence-corrected chi connectivity index (χ3v) is 5.01. The third-order valence-electron chi connectivity index (χ3n) is 5.01. The Balaban J connectivity index is 2.51. The molecule has 0 radical (unpaired) electrons. The maximum absolute atomic E-state index is 12.1. The number of aliphatic hydroxyl groups excluding tert-OH is 2. The Morgan fingerprint density at radius 3 is 2.27 bits per heavy atom. The molecule has 0 aliphatic heterocycles. The van der Waals surface area contributed by atoms with Crippen LogP contribution in [0.4, 0.5) is 0 Å². The third kappa shape index (κ3) is 8.23. The Kier molecular flexibility index (Phi) is 10.4. The van der Waals surface area contributed by atoms with E-state index < -0.39 is 30.0 Å². The molecule has 1 fully saturated rings. The molecule has 0 aromatic carbocycles. The molecule has 4 unspecified atom stereocenters. The van der Waals surface area contributed by atoms with Crippen molar-refractivity contribution in [2.75, 3.05) is 0 Å². The van der Waals surface area contributed by atoms with Crippen LogP contribution in [0.15, 0.2) is 12.2 Å². The minimum absolute atomic E-state index is 0.00536. The number of rotatable bonds is 13. The van der Waals surface area contributed by atoms with E-state index in [1.54, 1.807) is 6.08 Å². The van der Waals surface area contributed by atoms with Gasteiger partial charge in [0.1, 0.15) is 5.78 Å². The van der Waals surface area contributed by atoms with Crippen LogP contribution in [0.5, 0.6) is 0 Å². The monoisotopic (exact) mass is 368 g/mol. The van der Waals surface area contributed by atoms with E-state index in [0.29, 0.717) is 19.3 Å². The van der Waals surface area contributed by atoms with Crippen LogP contribution in [-0.2, 0) is 14.4 Å². The van der Waals surface area contributed by atoms with Crippen LogP contribution < -0.4 is 0 Å². The molecule has 3 N–H and O–H groups in total. The first kappa shape index (κ1) is 22.5. The summed E-state index contributed by atoms with van der Waals surface area (Å²) in [4.78, 5) is 34.5. The maximum Gasteiger partial charge on any atom is 0.303 e. The number of Topliss-reactive ketones (excluding diaryl/α,β-unsaturated/α-hetero) is 1. The van der Waals surface area contributed by atoms with Crippen molar-refractivity contribution >= 4 is 17.5 Å². The van der Waals surface area contributed by atoms with Crippen LogP contribution in [0.3, 0.4) is 0 Å². The summed E-state index contributed by atoms with van der Waals surface area (Å²) in [5.74, 6) is -1.70. The summed E-state index contributed by atoms with van der Waals surface area (Å²) in [6.07, 6.45) is 6.60. The van der Waals surface area contributed by atoms with Crippen molar-refractivity contribution in [1.29, 1.82) is 0 Å². The molecule has 4 atom stereocenters. The van der Waals surface area contributed by atoms with Crippen LogP contribution >= 0.6 is 0 Å². The fourth-order valence-electron chi connectivity index (χ4n) is 3.48. The zero-order valence-corrected chi connectivity index (χ0v) is 15.6. The molecule has 0 saturated heterocycles. The Hall–Kier alpha value is -1.53. The molecule has 1 aliphatic carbocycles. The summed E-state index contributed by atoms with van der Waals surface area (Å²) < 4.78 is 0. The van der Waals surface area contributed by atoms with E-state index in [4.69, 9.17) is 5.11 Å². The van der Waals surface area contributed by atoms with E-state index in [1.807, 2.05) is 0 Å². The molecular weight excluding hydrogens is 336 g/mol. The summed E-state index contributed by atoms with van der Waals surface area (Å²) in [5, 5.41) is 28.9. The highest BCUT2D eigenvalue weighted by molar-refractivity contribution is 5.89. The van der Waals surface area contributed by atoms with Gasteiger partial charge in [0.25, 0.3) is 0 Å². The lowest BCUT2D eigenvalue weighted by molar-refractivity contribution is -0.137. The highest BCUT2D eigenvalue weighted by atomic mass is 16.4. The quantitative estimate of drug-likeness (QED) is 0.340. The van der Waals surface area contributed by atoms with Crippen molar-refractivity contribution < 1.29 is 29.7 Å². The fraction of sp³-hybridized carbons (Fsp3) is 0.750. The minimum atomic E-state index is -0.874. The topological polar surface area (TPSA) is 112 Å². The van der Waals surface area contributed by atoms with Crippen LogP contribution in [0.2, 0.25) is 0 Å². The van der Waals surface area contributed by atoms with Gasteiger partial charge in [-0.2, -0.15) is 0 Å². The first-order valence-electron chi connectivity index (χ1n) is 9.65. The van der Waals surface area contributed by atoms with Gasteiger partial charge in [0.05, 0.1) is 12.2 Å². The Labute approximate surface area is 155 Å². The number of aliphatic carboxylic acids is 1.